The average Bonchev–Trinajstić information content (AvgIpc) is 3.32. The summed E-state index contributed by atoms with van der Waals surface area (Å²) >= 11 is 0. The van der Waals surface area contributed by atoms with Crippen LogP contribution in [-0.2, 0) is 10.2 Å². The summed E-state index contributed by atoms with van der Waals surface area (Å²) in [6.45, 7) is 0. The first-order chi connectivity index (χ1) is 12.2. The molecule has 0 atom stereocenters. The third-order valence-electron chi connectivity index (χ3n) is 4.45. The van der Waals surface area contributed by atoms with Gasteiger partial charge in [0.1, 0.15) is 11.6 Å². The van der Waals surface area contributed by atoms with Crippen LogP contribution in [0.4, 0.5) is 5.82 Å². The molecular formula is C19H17N3O3. The van der Waals surface area contributed by atoms with Crippen LogP contribution in [-0.4, -0.2) is 23.2 Å². The summed E-state index contributed by atoms with van der Waals surface area (Å²) in [5.74, 6) is 1.79. The Hall–Kier alpha value is -3.15. The van der Waals surface area contributed by atoms with Crippen molar-refractivity contribution in [3.63, 3.8) is 0 Å². The van der Waals surface area contributed by atoms with Gasteiger partial charge in [-0.1, -0.05) is 23.4 Å². The van der Waals surface area contributed by atoms with E-state index in [1.165, 1.54) is 0 Å². The Morgan fingerprint density at radius 1 is 1.20 bits per heavy atom. The lowest BCUT2D eigenvalue weighted by molar-refractivity contribution is -0.118. The summed E-state index contributed by atoms with van der Waals surface area (Å²) in [4.78, 5) is 16.8. The van der Waals surface area contributed by atoms with Crippen molar-refractivity contribution in [2.75, 3.05) is 12.4 Å². The number of benzene rings is 1. The predicted molar refractivity (Wildman–Crippen MR) is 92.3 cm³/mol. The smallest absolute Gasteiger partial charge is 0.237 e. The van der Waals surface area contributed by atoms with E-state index in [-0.39, 0.29) is 5.91 Å². The van der Waals surface area contributed by atoms with Crippen molar-refractivity contribution in [1.29, 1.82) is 0 Å². The number of hydrogen-bond acceptors (Lipinski definition) is 5. The summed E-state index contributed by atoms with van der Waals surface area (Å²) in [5.41, 5.74) is 0.885. The minimum atomic E-state index is -0.627. The van der Waals surface area contributed by atoms with Gasteiger partial charge in [0.25, 0.3) is 0 Å². The molecule has 2 heterocycles. The molecule has 126 valence electrons. The quantitative estimate of drug-likeness (QED) is 0.773. The van der Waals surface area contributed by atoms with Crippen molar-refractivity contribution < 1.29 is 14.1 Å². The van der Waals surface area contributed by atoms with Crippen LogP contribution >= 0.6 is 0 Å². The molecule has 0 bridgehead atoms. The molecule has 0 radical (unpaired) electrons. The van der Waals surface area contributed by atoms with Crippen LogP contribution in [0.3, 0.4) is 0 Å². The van der Waals surface area contributed by atoms with E-state index in [0.717, 1.165) is 24.2 Å². The lowest BCUT2D eigenvalue weighted by atomic mass is 10.0. The maximum atomic E-state index is 12.7. The van der Waals surface area contributed by atoms with Crippen molar-refractivity contribution in [3.05, 3.63) is 60.4 Å². The second-order valence-corrected chi connectivity index (χ2v) is 6.06. The van der Waals surface area contributed by atoms with Crippen LogP contribution < -0.4 is 10.1 Å². The molecule has 0 unspecified atom stereocenters. The van der Waals surface area contributed by atoms with Crippen molar-refractivity contribution in [1.82, 2.24) is 10.1 Å². The van der Waals surface area contributed by atoms with E-state index in [4.69, 9.17) is 9.26 Å². The molecule has 1 amide bonds. The number of carbonyl (C=O) groups excluding carboxylic acids is 1. The molecule has 1 saturated carbocycles. The van der Waals surface area contributed by atoms with Gasteiger partial charge >= 0.3 is 0 Å². The molecule has 3 aromatic rings. The topological polar surface area (TPSA) is 77.2 Å². The first kappa shape index (κ1) is 15.4. The first-order valence-corrected chi connectivity index (χ1v) is 8.05. The zero-order valence-corrected chi connectivity index (χ0v) is 13.7. The third kappa shape index (κ3) is 2.87. The molecule has 0 aliphatic heterocycles. The molecule has 25 heavy (non-hydrogen) atoms. The van der Waals surface area contributed by atoms with Crippen LogP contribution in [0.2, 0.25) is 0 Å². The number of nitrogens with zero attached hydrogens (tertiary/aromatic N) is 2. The Labute approximate surface area is 144 Å². The third-order valence-corrected chi connectivity index (χ3v) is 4.45. The predicted octanol–water partition coefficient (Wildman–Crippen LogP) is 3.42. The number of carbonyl (C=O) groups is 1. The standard InChI is InChI=1S/C19H17N3O3/c1-24-14-6-4-5-13(11-14)15-12-16(22-25-15)19(8-9-19)18(23)21-17-7-2-3-10-20-17/h2-7,10-12H,8-9H2,1H3,(H,20,21,23). The molecule has 6 heteroatoms. The number of nitrogens with one attached hydrogen (secondary N) is 1. The summed E-state index contributed by atoms with van der Waals surface area (Å²) in [7, 11) is 1.62. The Kier molecular flexibility index (Phi) is 3.72. The van der Waals surface area contributed by atoms with E-state index in [9.17, 15) is 4.79 Å². The maximum absolute atomic E-state index is 12.7. The lowest BCUT2D eigenvalue weighted by Crippen LogP contribution is -2.28. The number of anilines is 1. The Morgan fingerprint density at radius 3 is 2.80 bits per heavy atom. The molecule has 2 aromatic heterocycles. The van der Waals surface area contributed by atoms with Crippen LogP contribution in [0.15, 0.2) is 59.3 Å². The van der Waals surface area contributed by atoms with Crippen molar-refractivity contribution in [2.24, 2.45) is 0 Å². The normalized spacial score (nSPS) is 14.8. The molecular weight excluding hydrogens is 318 g/mol. The fraction of sp³-hybridized carbons (Fsp3) is 0.211. The van der Waals surface area contributed by atoms with Crippen molar-refractivity contribution >= 4 is 11.7 Å². The summed E-state index contributed by atoms with van der Waals surface area (Å²) < 4.78 is 10.7. The fourth-order valence-electron chi connectivity index (χ4n) is 2.81. The Bertz CT molecular complexity index is 901. The van der Waals surface area contributed by atoms with Crippen molar-refractivity contribution in [3.8, 4) is 17.1 Å². The van der Waals surface area contributed by atoms with E-state index < -0.39 is 5.41 Å². The molecule has 0 saturated heterocycles. The second kappa shape index (κ2) is 6.05. The SMILES string of the molecule is COc1cccc(-c2cc(C3(C(=O)Nc4ccccn4)CC3)no2)c1. The summed E-state index contributed by atoms with van der Waals surface area (Å²) in [5, 5.41) is 7.01. The molecule has 6 nitrogen and oxygen atoms in total. The number of aromatic nitrogens is 2. The van der Waals surface area contributed by atoms with Crippen LogP contribution in [0.5, 0.6) is 5.75 Å². The molecule has 4 rings (SSSR count). The number of rotatable bonds is 5. The molecule has 1 N–H and O–H groups in total. The highest BCUT2D eigenvalue weighted by molar-refractivity contribution is 6.00. The summed E-state index contributed by atoms with van der Waals surface area (Å²) in [6.07, 6.45) is 3.14. The highest BCUT2D eigenvalue weighted by Crippen LogP contribution is 2.49. The zero-order chi connectivity index (χ0) is 17.3. The number of hydrogen-bond donors (Lipinski definition) is 1. The van der Waals surface area contributed by atoms with Gasteiger partial charge < -0.3 is 14.6 Å². The van der Waals surface area contributed by atoms with E-state index in [2.05, 4.69) is 15.5 Å². The highest BCUT2D eigenvalue weighted by Gasteiger charge is 2.54. The fourth-order valence-corrected chi connectivity index (χ4v) is 2.81. The zero-order valence-electron chi connectivity index (χ0n) is 13.7. The molecule has 1 fully saturated rings. The Morgan fingerprint density at radius 2 is 2.08 bits per heavy atom. The van der Waals surface area contributed by atoms with E-state index in [1.54, 1.807) is 25.4 Å². The van der Waals surface area contributed by atoms with E-state index in [0.29, 0.717) is 17.3 Å². The van der Waals surface area contributed by atoms with Gasteiger partial charge in [0.2, 0.25) is 5.91 Å². The lowest BCUT2D eigenvalue weighted by Gasteiger charge is -2.11. The van der Waals surface area contributed by atoms with E-state index in [1.807, 2.05) is 36.4 Å². The number of ether oxygens (including phenoxy) is 1. The van der Waals surface area contributed by atoms with Gasteiger partial charge in [0, 0.05) is 17.8 Å². The molecule has 0 spiro atoms. The van der Waals surface area contributed by atoms with Crippen molar-refractivity contribution in [2.45, 2.75) is 18.3 Å². The minimum Gasteiger partial charge on any atom is -0.497 e. The molecule has 1 aromatic carbocycles. The largest absolute Gasteiger partial charge is 0.497 e. The molecule has 1 aliphatic rings. The average molecular weight is 335 g/mol. The monoisotopic (exact) mass is 335 g/mol. The van der Waals surface area contributed by atoms with Crippen LogP contribution in [0.1, 0.15) is 18.5 Å². The highest BCUT2D eigenvalue weighted by atomic mass is 16.5. The number of pyridine rings is 1. The van der Waals surface area contributed by atoms with Crippen LogP contribution in [0, 0.1) is 0 Å². The van der Waals surface area contributed by atoms with Gasteiger partial charge in [-0.25, -0.2) is 4.98 Å². The molecule has 1 aliphatic carbocycles. The maximum Gasteiger partial charge on any atom is 0.237 e. The van der Waals surface area contributed by atoms with Gasteiger partial charge in [-0.15, -0.1) is 0 Å². The van der Waals surface area contributed by atoms with Gasteiger partial charge in [-0.2, -0.15) is 0 Å². The summed E-state index contributed by atoms with van der Waals surface area (Å²) in [6, 6.07) is 14.8. The van der Waals surface area contributed by atoms with E-state index >= 15 is 0 Å². The Balaban J connectivity index is 1.57. The van der Waals surface area contributed by atoms with Crippen LogP contribution in [0.25, 0.3) is 11.3 Å². The minimum absolute atomic E-state index is 0.100. The van der Waals surface area contributed by atoms with Gasteiger partial charge in [-0.05, 0) is 37.1 Å². The second-order valence-electron chi connectivity index (χ2n) is 6.06. The first-order valence-electron chi connectivity index (χ1n) is 8.05. The number of amides is 1. The van der Waals surface area contributed by atoms with Gasteiger partial charge in [-0.3, -0.25) is 4.79 Å². The van der Waals surface area contributed by atoms with Gasteiger partial charge in [0.05, 0.1) is 18.2 Å². The van der Waals surface area contributed by atoms with Gasteiger partial charge in [0.15, 0.2) is 5.76 Å². The number of methoxy groups -OCH3 is 1.